The van der Waals surface area contributed by atoms with Gasteiger partial charge >= 0.3 is 0 Å². The molecule has 1 aromatic heterocycles. The van der Waals surface area contributed by atoms with Crippen molar-refractivity contribution < 1.29 is 4.57 Å². The Kier molecular flexibility index (Phi) is 6.49. The molecule has 20 heavy (non-hydrogen) atoms. The summed E-state index contributed by atoms with van der Waals surface area (Å²) in [6.45, 7) is 3.38. The number of unbranched alkanes of at least 4 members (excludes halogenated alkanes) is 7. The first-order valence-electron chi connectivity index (χ1n) is 8.15. The van der Waals surface area contributed by atoms with Gasteiger partial charge in [-0.3, -0.25) is 0 Å². The molecule has 1 heterocycles. The fourth-order valence-corrected chi connectivity index (χ4v) is 2.70. The summed E-state index contributed by atoms with van der Waals surface area (Å²) in [6, 6.07) is 8.39. The minimum atomic E-state index is 1.09. The van der Waals surface area contributed by atoms with Crippen molar-refractivity contribution in [1.29, 1.82) is 0 Å². The minimum absolute atomic E-state index is 1.09. The standard InChI is InChI=1S/C18H27N2/c1-2-3-4-5-6-7-8-11-15-20-16-14-19-17-12-9-10-13-18(17)20/h9-10,12-14,16H,2-8,11,15H2,1H3/q+1. The maximum atomic E-state index is 4.41. The molecule has 0 aliphatic carbocycles. The van der Waals surface area contributed by atoms with E-state index in [4.69, 9.17) is 0 Å². The van der Waals surface area contributed by atoms with Crippen molar-refractivity contribution in [3.63, 3.8) is 0 Å². The zero-order valence-corrected chi connectivity index (χ0v) is 12.7. The molecule has 2 aromatic rings. The second kappa shape index (κ2) is 8.68. The monoisotopic (exact) mass is 271 g/mol. The molecule has 0 aliphatic heterocycles. The van der Waals surface area contributed by atoms with Crippen molar-refractivity contribution in [1.82, 2.24) is 4.98 Å². The molecule has 108 valence electrons. The number of rotatable bonds is 9. The summed E-state index contributed by atoms with van der Waals surface area (Å²) < 4.78 is 2.33. The molecule has 0 atom stereocenters. The van der Waals surface area contributed by atoms with Crippen molar-refractivity contribution >= 4 is 11.0 Å². The number of aryl methyl sites for hydroxylation is 1. The van der Waals surface area contributed by atoms with Crippen LogP contribution in [0.4, 0.5) is 0 Å². The molecule has 0 aliphatic rings. The molecule has 2 nitrogen and oxygen atoms in total. The van der Waals surface area contributed by atoms with Gasteiger partial charge in [0.05, 0.1) is 6.20 Å². The Bertz CT molecular complexity index is 502. The maximum absolute atomic E-state index is 4.41. The van der Waals surface area contributed by atoms with Crippen LogP contribution >= 0.6 is 0 Å². The molecule has 0 N–H and O–H groups in total. The van der Waals surface area contributed by atoms with E-state index in [1.165, 1.54) is 56.9 Å². The predicted octanol–water partition coefficient (Wildman–Crippen LogP) is 4.66. The van der Waals surface area contributed by atoms with E-state index in [0.717, 1.165) is 12.1 Å². The van der Waals surface area contributed by atoms with Crippen LogP contribution in [0.3, 0.4) is 0 Å². The predicted molar refractivity (Wildman–Crippen MR) is 84.5 cm³/mol. The molecule has 0 saturated heterocycles. The number of nitrogens with zero attached hydrogens (tertiary/aromatic N) is 2. The first-order chi connectivity index (χ1) is 9.92. The van der Waals surface area contributed by atoms with E-state index in [2.05, 4.69) is 46.9 Å². The largest absolute Gasteiger partial charge is 0.244 e. The van der Waals surface area contributed by atoms with Crippen molar-refractivity contribution in [2.24, 2.45) is 0 Å². The van der Waals surface area contributed by atoms with E-state index < -0.39 is 0 Å². The van der Waals surface area contributed by atoms with E-state index in [0.29, 0.717) is 0 Å². The summed E-state index contributed by atoms with van der Waals surface area (Å²) in [4.78, 5) is 4.41. The molecule has 1 aromatic carbocycles. The lowest BCUT2D eigenvalue weighted by atomic mass is 10.1. The van der Waals surface area contributed by atoms with Gasteiger partial charge in [0.25, 0.3) is 0 Å². The Balaban J connectivity index is 1.71. The molecule has 0 saturated carbocycles. The lowest BCUT2D eigenvalue weighted by molar-refractivity contribution is -0.672. The van der Waals surface area contributed by atoms with E-state index >= 15 is 0 Å². The van der Waals surface area contributed by atoms with Crippen LogP contribution in [0.2, 0.25) is 0 Å². The van der Waals surface area contributed by atoms with E-state index in [1.54, 1.807) is 0 Å². The fraction of sp³-hybridized carbons (Fsp3) is 0.556. The first-order valence-corrected chi connectivity index (χ1v) is 8.15. The average Bonchev–Trinajstić information content (AvgIpc) is 2.50. The van der Waals surface area contributed by atoms with Gasteiger partial charge in [0, 0.05) is 12.5 Å². The van der Waals surface area contributed by atoms with Crippen LogP contribution in [-0.4, -0.2) is 4.98 Å². The lowest BCUT2D eigenvalue weighted by Crippen LogP contribution is -2.34. The van der Waals surface area contributed by atoms with Gasteiger partial charge in [-0.1, -0.05) is 57.6 Å². The molecule has 0 bridgehead atoms. The second-order valence-electron chi connectivity index (χ2n) is 5.58. The summed E-state index contributed by atoms with van der Waals surface area (Å²) in [7, 11) is 0. The molecule has 0 fully saturated rings. The number of para-hydroxylation sites is 2. The number of aromatic nitrogens is 2. The first kappa shape index (κ1) is 15.0. The Morgan fingerprint density at radius 3 is 2.40 bits per heavy atom. The average molecular weight is 271 g/mol. The van der Waals surface area contributed by atoms with Crippen LogP contribution in [0.5, 0.6) is 0 Å². The Labute approximate surface area is 122 Å². The summed E-state index contributed by atoms with van der Waals surface area (Å²) in [6.07, 6.45) is 15.0. The van der Waals surface area contributed by atoms with Crippen LogP contribution < -0.4 is 4.57 Å². The molecule has 2 rings (SSSR count). The molecule has 2 heteroatoms. The Morgan fingerprint density at radius 1 is 0.900 bits per heavy atom. The highest BCUT2D eigenvalue weighted by Crippen LogP contribution is 2.09. The number of hydrogen-bond acceptors (Lipinski definition) is 1. The summed E-state index contributed by atoms with van der Waals surface area (Å²) >= 11 is 0. The van der Waals surface area contributed by atoms with Crippen molar-refractivity contribution in [2.45, 2.75) is 64.8 Å². The van der Waals surface area contributed by atoms with Gasteiger partial charge < -0.3 is 0 Å². The van der Waals surface area contributed by atoms with Crippen LogP contribution in [0.25, 0.3) is 11.0 Å². The number of benzene rings is 1. The second-order valence-corrected chi connectivity index (χ2v) is 5.58. The third-order valence-corrected chi connectivity index (χ3v) is 3.90. The van der Waals surface area contributed by atoms with Gasteiger partial charge in [0.1, 0.15) is 12.1 Å². The minimum Gasteiger partial charge on any atom is -0.244 e. The third kappa shape index (κ3) is 4.59. The topological polar surface area (TPSA) is 16.8 Å². The summed E-state index contributed by atoms with van der Waals surface area (Å²) in [5.41, 5.74) is 2.34. The van der Waals surface area contributed by atoms with E-state index in [-0.39, 0.29) is 0 Å². The van der Waals surface area contributed by atoms with Gasteiger partial charge in [0.2, 0.25) is 5.52 Å². The zero-order chi connectivity index (χ0) is 14.0. The highest BCUT2D eigenvalue weighted by atomic mass is 15.0. The van der Waals surface area contributed by atoms with E-state index in [1.807, 2.05) is 6.20 Å². The molecule has 0 amide bonds. The van der Waals surface area contributed by atoms with Crippen LogP contribution in [0.15, 0.2) is 36.7 Å². The fourth-order valence-electron chi connectivity index (χ4n) is 2.70. The quantitative estimate of drug-likeness (QED) is 0.478. The zero-order valence-electron chi connectivity index (χ0n) is 12.7. The molecular weight excluding hydrogens is 244 g/mol. The smallest absolute Gasteiger partial charge is 0.231 e. The third-order valence-electron chi connectivity index (χ3n) is 3.90. The number of hydrogen-bond donors (Lipinski definition) is 0. The molecule has 0 unspecified atom stereocenters. The molecule has 0 radical (unpaired) electrons. The van der Waals surface area contributed by atoms with Gasteiger partial charge in [-0.05, 0) is 12.5 Å². The van der Waals surface area contributed by atoms with Crippen molar-refractivity contribution in [3.05, 3.63) is 36.7 Å². The van der Waals surface area contributed by atoms with Crippen LogP contribution in [-0.2, 0) is 6.54 Å². The molecular formula is C18H27N2+. The van der Waals surface area contributed by atoms with Crippen molar-refractivity contribution in [2.75, 3.05) is 0 Å². The lowest BCUT2D eigenvalue weighted by Gasteiger charge is -2.02. The van der Waals surface area contributed by atoms with Gasteiger partial charge in [-0.25, -0.2) is 4.98 Å². The van der Waals surface area contributed by atoms with Crippen molar-refractivity contribution in [3.8, 4) is 0 Å². The Hall–Kier alpha value is -1.44. The highest BCUT2D eigenvalue weighted by Gasteiger charge is 2.07. The van der Waals surface area contributed by atoms with Crippen LogP contribution in [0, 0.1) is 0 Å². The summed E-state index contributed by atoms with van der Waals surface area (Å²) in [5, 5.41) is 0. The normalized spacial score (nSPS) is 11.1. The highest BCUT2D eigenvalue weighted by molar-refractivity contribution is 5.69. The molecule has 0 spiro atoms. The maximum Gasteiger partial charge on any atom is 0.231 e. The SMILES string of the molecule is CCCCCCCCCC[n+]1ccnc2ccccc21. The number of fused-ring (bicyclic) bond motifs is 1. The van der Waals surface area contributed by atoms with Gasteiger partial charge in [-0.15, -0.1) is 0 Å². The Morgan fingerprint density at radius 2 is 1.60 bits per heavy atom. The van der Waals surface area contributed by atoms with Gasteiger partial charge in [-0.2, -0.15) is 4.57 Å². The van der Waals surface area contributed by atoms with E-state index in [9.17, 15) is 0 Å². The van der Waals surface area contributed by atoms with Crippen LogP contribution in [0.1, 0.15) is 58.3 Å². The van der Waals surface area contributed by atoms with Gasteiger partial charge in [0.15, 0.2) is 6.20 Å². The summed E-state index contributed by atoms with van der Waals surface area (Å²) in [5.74, 6) is 0.